The monoisotopic (exact) mass is 451 g/mol. The number of nitrogens with zero attached hydrogens (tertiary/aromatic N) is 1. The Morgan fingerprint density at radius 3 is 1.97 bits per heavy atom. The Kier molecular flexibility index (Phi) is 7.45. The van der Waals surface area contributed by atoms with Gasteiger partial charge in [0.05, 0.1) is 7.11 Å². The number of hydrogen-bond donors (Lipinski definition) is 0. The summed E-state index contributed by atoms with van der Waals surface area (Å²) in [6.07, 6.45) is 2.24. The largest absolute Gasteiger partial charge is 0.495 e. The standard InChI is InChI=1S/C25H25NO5S/c1-26(2)32(28,29)23-18-19(14-16-22(23)30-3)15-17-24(27)31-25(20-10-6-4-7-11-20)21-12-8-5-9-13-21/h4-18,25H,1-3H3. The van der Waals surface area contributed by atoms with E-state index in [1.54, 1.807) is 12.1 Å². The van der Waals surface area contributed by atoms with E-state index in [9.17, 15) is 13.2 Å². The first-order chi connectivity index (χ1) is 15.3. The van der Waals surface area contributed by atoms with Crippen molar-refractivity contribution < 1.29 is 22.7 Å². The highest BCUT2D eigenvalue weighted by molar-refractivity contribution is 7.89. The second kappa shape index (κ2) is 10.3. The van der Waals surface area contributed by atoms with Crippen LogP contribution in [0.2, 0.25) is 0 Å². The Hall–Kier alpha value is -3.42. The number of methoxy groups -OCH3 is 1. The first-order valence-corrected chi connectivity index (χ1v) is 11.4. The minimum absolute atomic E-state index is 0.0203. The van der Waals surface area contributed by atoms with Crippen LogP contribution in [0.15, 0.2) is 89.8 Å². The van der Waals surface area contributed by atoms with E-state index in [0.717, 1.165) is 15.4 Å². The maximum atomic E-state index is 12.6. The Bertz CT molecular complexity index is 1150. The number of carbonyl (C=O) groups excluding carboxylic acids is 1. The first kappa shape index (κ1) is 23.2. The molecule has 0 amide bonds. The van der Waals surface area contributed by atoms with E-state index >= 15 is 0 Å². The Morgan fingerprint density at radius 2 is 1.47 bits per heavy atom. The Morgan fingerprint density at radius 1 is 0.906 bits per heavy atom. The van der Waals surface area contributed by atoms with Gasteiger partial charge in [0.25, 0.3) is 0 Å². The molecule has 0 saturated carbocycles. The summed E-state index contributed by atoms with van der Waals surface area (Å²) >= 11 is 0. The van der Waals surface area contributed by atoms with Crippen molar-refractivity contribution in [1.82, 2.24) is 4.31 Å². The van der Waals surface area contributed by atoms with Gasteiger partial charge in [-0.1, -0.05) is 66.7 Å². The van der Waals surface area contributed by atoms with E-state index in [1.807, 2.05) is 60.7 Å². The number of sulfonamides is 1. The maximum Gasteiger partial charge on any atom is 0.331 e. The zero-order valence-corrected chi connectivity index (χ0v) is 19.0. The van der Waals surface area contributed by atoms with Gasteiger partial charge in [-0.25, -0.2) is 17.5 Å². The van der Waals surface area contributed by atoms with Gasteiger partial charge in [-0.05, 0) is 34.9 Å². The highest BCUT2D eigenvalue weighted by Gasteiger charge is 2.22. The maximum absolute atomic E-state index is 12.6. The molecule has 0 radical (unpaired) electrons. The van der Waals surface area contributed by atoms with Crippen LogP contribution in [0.25, 0.3) is 6.08 Å². The fourth-order valence-electron chi connectivity index (χ4n) is 3.10. The minimum Gasteiger partial charge on any atom is -0.495 e. The average molecular weight is 452 g/mol. The molecule has 7 heteroatoms. The third kappa shape index (κ3) is 5.43. The van der Waals surface area contributed by atoms with Gasteiger partial charge in [0.2, 0.25) is 10.0 Å². The van der Waals surface area contributed by atoms with Gasteiger partial charge in [-0.3, -0.25) is 0 Å². The van der Waals surface area contributed by atoms with Crippen molar-refractivity contribution in [2.45, 2.75) is 11.0 Å². The molecule has 3 rings (SSSR count). The van der Waals surface area contributed by atoms with Crippen LogP contribution in [0.5, 0.6) is 5.75 Å². The molecule has 166 valence electrons. The summed E-state index contributed by atoms with van der Waals surface area (Å²) in [5.74, 6) is -0.317. The summed E-state index contributed by atoms with van der Waals surface area (Å²) in [6.45, 7) is 0. The zero-order valence-electron chi connectivity index (χ0n) is 18.1. The molecule has 6 nitrogen and oxygen atoms in total. The Labute approximate surface area is 188 Å². The van der Waals surface area contributed by atoms with Crippen molar-refractivity contribution in [3.8, 4) is 5.75 Å². The summed E-state index contributed by atoms with van der Waals surface area (Å²) in [5.41, 5.74) is 2.23. The average Bonchev–Trinajstić information content (AvgIpc) is 2.82. The predicted octanol–water partition coefficient (Wildman–Crippen LogP) is 4.29. The number of rotatable bonds is 8. The van der Waals surface area contributed by atoms with E-state index in [4.69, 9.17) is 9.47 Å². The quantitative estimate of drug-likeness (QED) is 0.377. The van der Waals surface area contributed by atoms with Gasteiger partial charge in [-0.15, -0.1) is 0 Å². The normalized spacial score (nSPS) is 11.8. The Balaban J connectivity index is 1.85. The van der Waals surface area contributed by atoms with Crippen molar-refractivity contribution in [3.63, 3.8) is 0 Å². The number of hydrogen-bond acceptors (Lipinski definition) is 5. The lowest BCUT2D eigenvalue weighted by Gasteiger charge is -2.18. The molecule has 0 N–H and O–H groups in total. The second-order valence-electron chi connectivity index (χ2n) is 7.17. The summed E-state index contributed by atoms with van der Waals surface area (Å²) in [6, 6.07) is 23.6. The molecule has 0 spiro atoms. The molecule has 0 aromatic heterocycles. The van der Waals surface area contributed by atoms with Crippen LogP contribution in [0, 0.1) is 0 Å². The van der Waals surface area contributed by atoms with Gasteiger partial charge in [0.1, 0.15) is 10.6 Å². The topological polar surface area (TPSA) is 72.9 Å². The minimum atomic E-state index is -3.71. The van der Waals surface area contributed by atoms with Gasteiger partial charge >= 0.3 is 5.97 Å². The fraction of sp³-hybridized carbons (Fsp3) is 0.160. The zero-order chi connectivity index (χ0) is 23.1. The molecule has 0 aliphatic carbocycles. The van der Waals surface area contributed by atoms with E-state index in [-0.39, 0.29) is 10.6 Å². The van der Waals surface area contributed by atoms with Crippen molar-refractivity contribution >= 4 is 22.1 Å². The molecule has 3 aromatic carbocycles. The van der Waals surface area contributed by atoms with Crippen LogP contribution < -0.4 is 4.74 Å². The summed E-state index contributed by atoms with van der Waals surface area (Å²) in [4.78, 5) is 12.6. The molecule has 0 aliphatic rings. The van der Waals surface area contributed by atoms with Crippen molar-refractivity contribution in [3.05, 3.63) is 102 Å². The van der Waals surface area contributed by atoms with Crippen LogP contribution in [-0.4, -0.2) is 39.9 Å². The van der Waals surface area contributed by atoms with Gasteiger partial charge in [-0.2, -0.15) is 0 Å². The van der Waals surface area contributed by atoms with E-state index in [1.165, 1.54) is 39.4 Å². The predicted molar refractivity (Wildman–Crippen MR) is 124 cm³/mol. The molecule has 0 saturated heterocycles. The summed E-state index contributed by atoms with van der Waals surface area (Å²) < 4.78 is 37.2. The van der Waals surface area contributed by atoms with E-state index in [0.29, 0.717) is 5.56 Å². The van der Waals surface area contributed by atoms with Crippen LogP contribution in [0.3, 0.4) is 0 Å². The van der Waals surface area contributed by atoms with Crippen LogP contribution in [0.1, 0.15) is 22.8 Å². The molecule has 0 unspecified atom stereocenters. The second-order valence-corrected chi connectivity index (χ2v) is 9.29. The summed E-state index contributed by atoms with van der Waals surface area (Å²) in [5, 5.41) is 0. The van der Waals surface area contributed by atoms with Crippen molar-refractivity contribution in [2.75, 3.05) is 21.2 Å². The lowest BCUT2D eigenvalue weighted by atomic mass is 10.0. The smallest absolute Gasteiger partial charge is 0.331 e. The lowest BCUT2D eigenvalue weighted by Crippen LogP contribution is -2.22. The lowest BCUT2D eigenvalue weighted by molar-refractivity contribution is -0.141. The summed E-state index contributed by atoms with van der Waals surface area (Å²) in [7, 11) is 0.586. The molecule has 0 heterocycles. The molecular formula is C25H25NO5S. The van der Waals surface area contributed by atoms with Crippen molar-refractivity contribution in [2.24, 2.45) is 0 Å². The van der Waals surface area contributed by atoms with E-state index < -0.39 is 22.1 Å². The van der Waals surface area contributed by atoms with Gasteiger partial charge in [0.15, 0.2) is 6.10 Å². The van der Waals surface area contributed by atoms with Crippen molar-refractivity contribution in [1.29, 1.82) is 0 Å². The molecule has 0 bridgehead atoms. The third-order valence-corrected chi connectivity index (χ3v) is 6.63. The molecular weight excluding hydrogens is 426 g/mol. The fourth-order valence-corrected chi connectivity index (χ4v) is 4.18. The molecule has 32 heavy (non-hydrogen) atoms. The number of ether oxygens (including phenoxy) is 2. The molecule has 0 atom stereocenters. The number of esters is 1. The highest BCUT2D eigenvalue weighted by Crippen LogP contribution is 2.28. The molecule has 0 fully saturated rings. The van der Waals surface area contributed by atoms with Crippen LogP contribution >= 0.6 is 0 Å². The SMILES string of the molecule is COc1ccc(C=CC(=O)OC(c2ccccc2)c2ccccc2)cc1S(=O)(=O)N(C)C. The number of benzene rings is 3. The third-order valence-electron chi connectivity index (χ3n) is 4.80. The highest BCUT2D eigenvalue weighted by atomic mass is 32.2. The van der Waals surface area contributed by atoms with Crippen LogP contribution in [0.4, 0.5) is 0 Å². The molecule has 3 aromatic rings. The first-order valence-electron chi connectivity index (χ1n) is 9.92. The number of carbonyl (C=O) groups is 1. The molecule has 0 aliphatic heterocycles. The van der Waals surface area contributed by atoms with E-state index in [2.05, 4.69) is 0 Å². The van der Waals surface area contributed by atoms with Crippen LogP contribution in [-0.2, 0) is 19.6 Å². The van der Waals surface area contributed by atoms with Gasteiger partial charge < -0.3 is 9.47 Å². The van der Waals surface area contributed by atoms with Gasteiger partial charge in [0, 0.05) is 20.2 Å².